The Bertz CT molecular complexity index is 1040. The van der Waals surface area contributed by atoms with Crippen LogP contribution in [-0.4, -0.2) is 4.98 Å². The van der Waals surface area contributed by atoms with Crippen LogP contribution >= 0.6 is 38.9 Å². The Balaban J connectivity index is 1.87. The van der Waals surface area contributed by atoms with Gasteiger partial charge in [-0.1, -0.05) is 11.6 Å². The van der Waals surface area contributed by atoms with Gasteiger partial charge < -0.3 is 10.1 Å². The highest BCUT2D eigenvalue weighted by molar-refractivity contribution is 9.10. The zero-order valence-electron chi connectivity index (χ0n) is 13.9. The van der Waals surface area contributed by atoms with Crippen LogP contribution in [-0.2, 0) is 12.7 Å². The SMILES string of the molecule is Fc1cc(Br)c(Oc2c(F)cc(C(F)(F)F)cc2F)cc1NCc1cnc(Cl)s1. The van der Waals surface area contributed by atoms with Crippen LogP contribution in [0, 0.1) is 17.5 Å². The van der Waals surface area contributed by atoms with E-state index in [1.807, 2.05) is 0 Å². The number of hydrogen-bond donors (Lipinski definition) is 1. The fraction of sp³-hybridized carbons (Fsp3) is 0.118. The highest BCUT2D eigenvalue weighted by Crippen LogP contribution is 2.39. The molecule has 3 aromatic rings. The lowest BCUT2D eigenvalue weighted by Gasteiger charge is -2.14. The Morgan fingerprint density at radius 1 is 1.07 bits per heavy atom. The Hall–Kier alpha value is -1.98. The van der Waals surface area contributed by atoms with Gasteiger partial charge in [0.1, 0.15) is 11.6 Å². The van der Waals surface area contributed by atoms with Gasteiger partial charge in [-0.05, 0) is 34.1 Å². The third-order valence-corrected chi connectivity index (χ3v) is 5.27. The number of nitrogens with zero attached hydrogens (tertiary/aromatic N) is 1. The summed E-state index contributed by atoms with van der Waals surface area (Å²) in [5, 5.41) is 2.75. The van der Waals surface area contributed by atoms with Crippen LogP contribution in [0.1, 0.15) is 10.4 Å². The number of anilines is 1. The predicted molar refractivity (Wildman–Crippen MR) is 100.0 cm³/mol. The molecule has 0 radical (unpaired) electrons. The summed E-state index contributed by atoms with van der Waals surface area (Å²) in [5.41, 5.74) is -1.57. The largest absolute Gasteiger partial charge is 0.450 e. The normalized spacial score (nSPS) is 11.6. The smallest absolute Gasteiger partial charge is 0.416 e. The van der Waals surface area contributed by atoms with Crippen LogP contribution in [0.5, 0.6) is 11.5 Å². The molecule has 0 aliphatic rings. The molecule has 0 bridgehead atoms. The first-order chi connectivity index (χ1) is 13.5. The molecular weight excluding hydrogens is 510 g/mol. The zero-order valence-corrected chi connectivity index (χ0v) is 17.0. The zero-order chi connectivity index (χ0) is 21.3. The van der Waals surface area contributed by atoms with Crippen LogP contribution in [0.3, 0.4) is 0 Å². The lowest BCUT2D eigenvalue weighted by Crippen LogP contribution is -2.07. The van der Waals surface area contributed by atoms with Gasteiger partial charge in [0.2, 0.25) is 0 Å². The van der Waals surface area contributed by atoms with E-state index in [2.05, 4.69) is 26.2 Å². The topological polar surface area (TPSA) is 34.1 Å². The molecule has 0 aliphatic carbocycles. The van der Waals surface area contributed by atoms with Gasteiger partial charge in [0, 0.05) is 17.1 Å². The maximum Gasteiger partial charge on any atom is 0.416 e. The van der Waals surface area contributed by atoms with Gasteiger partial charge in [0.05, 0.1) is 22.3 Å². The number of benzene rings is 2. The Labute approximate surface area is 177 Å². The van der Waals surface area contributed by atoms with E-state index in [9.17, 15) is 26.3 Å². The number of ether oxygens (including phenoxy) is 1. The van der Waals surface area contributed by atoms with E-state index >= 15 is 0 Å². The minimum atomic E-state index is -4.92. The van der Waals surface area contributed by atoms with Crippen LogP contribution in [0.15, 0.2) is 34.9 Å². The van der Waals surface area contributed by atoms with Crippen molar-refractivity contribution in [2.75, 3.05) is 5.32 Å². The van der Waals surface area contributed by atoms with Crippen molar-refractivity contribution < 1.29 is 31.1 Å². The van der Waals surface area contributed by atoms with E-state index in [1.165, 1.54) is 17.5 Å². The van der Waals surface area contributed by atoms with E-state index in [1.54, 1.807) is 0 Å². The number of thiazole rings is 1. The summed E-state index contributed by atoms with van der Waals surface area (Å²) in [6.07, 6.45) is -3.44. The van der Waals surface area contributed by atoms with E-state index in [0.717, 1.165) is 12.1 Å². The quantitative estimate of drug-likeness (QED) is 0.358. The summed E-state index contributed by atoms with van der Waals surface area (Å²) in [7, 11) is 0. The molecule has 0 atom stereocenters. The second-order valence-corrected chi connectivity index (χ2v) is 8.12. The van der Waals surface area contributed by atoms with Crippen molar-refractivity contribution in [3.63, 3.8) is 0 Å². The molecule has 1 heterocycles. The van der Waals surface area contributed by atoms with E-state index in [0.29, 0.717) is 9.34 Å². The van der Waals surface area contributed by atoms with Gasteiger partial charge in [-0.25, -0.2) is 18.2 Å². The summed E-state index contributed by atoms with van der Waals surface area (Å²) in [6.45, 7) is 0.158. The molecule has 0 unspecified atom stereocenters. The molecule has 0 amide bonds. The number of hydrogen-bond acceptors (Lipinski definition) is 4. The Kier molecular flexibility index (Phi) is 6.30. The fourth-order valence-corrected chi connectivity index (χ4v) is 3.54. The lowest BCUT2D eigenvalue weighted by molar-refractivity contribution is -0.138. The van der Waals surface area contributed by atoms with Crippen molar-refractivity contribution in [2.24, 2.45) is 0 Å². The van der Waals surface area contributed by atoms with E-state index in [4.69, 9.17) is 16.3 Å². The minimum Gasteiger partial charge on any atom is -0.450 e. The van der Waals surface area contributed by atoms with Gasteiger partial charge >= 0.3 is 6.18 Å². The molecule has 0 spiro atoms. The number of alkyl halides is 3. The maximum atomic E-state index is 14.2. The van der Waals surface area contributed by atoms with Gasteiger partial charge in [-0.3, -0.25) is 0 Å². The van der Waals surface area contributed by atoms with Crippen LogP contribution < -0.4 is 10.1 Å². The summed E-state index contributed by atoms with van der Waals surface area (Å²) < 4.78 is 85.5. The van der Waals surface area contributed by atoms with Crippen molar-refractivity contribution in [1.29, 1.82) is 0 Å². The van der Waals surface area contributed by atoms with Gasteiger partial charge in [-0.15, -0.1) is 11.3 Å². The van der Waals surface area contributed by atoms with Crippen molar-refractivity contribution in [3.8, 4) is 11.5 Å². The number of nitrogens with one attached hydrogen (secondary N) is 1. The molecular formula is C17H8BrClF6N2OS. The van der Waals surface area contributed by atoms with Crippen molar-refractivity contribution in [3.05, 3.63) is 67.3 Å². The monoisotopic (exact) mass is 516 g/mol. The third kappa shape index (κ3) is 5.14. The van der Waals surface area contributed by atoms with E-state index < -0.39 is 34.9 Å². The molecule has 0 saturated carbocycles. The predicted octanol–water partition coefficient (Wildman–Crippen LogP) is 7.40. The number of rotatable bonds is 5. The highest BCUT2D eigenvalue weighted by atomic mass is 79.9. The maximum absolute atomic E-state index is 14.2. The Morgan fingerprint density at radius 2 is 1.72 bits per heavy atom. The fourth-order valence-electron chi connectivity index (χ4n) is 2.22. The lowest BCUT2D eigenvalue weighted by atomic mass is 10.2. The van der Waals surface area contributed by atoms with Crippen molar-refractivity contribution in [2.45, 2.75) is 12.7 Å². The van der Waals surface area contributed by atoms with Crippen LogP contribution in [0.25, 0.3) is 0 Å². The van der Waals surface area contributed by atoms with Crippen LogP contribution in [0.2, 0.25) is 4.47 Å². The van der Waals surface area contributed by atoms with Gasteiger partial charge in [0.25, 0.3) is 0 Å². The van der Waals surface area contributed by atoms with Crippen molar-refractivity contribution in [1.82, 2.24) is 4.98 Å². The summed E-state index contributed by atoms with van der Waals surface area (Å²) >= 11 is 9.87. The molecule has 3 nitrogen and oxygen atoms in total. The first kappa shape index (κ1) is 21.7. The standard InChI is InChI=1S/C17H8BrClF6N2OS/c18-9-3-10(20)13(26-5-8-6-27-16(19)29-8)4-14(9)28-15-11(21)1-7(2-12(15)22)17(23,24)25/h1-4,6,26H,5H2. The van der Waals surface area contributed by atoms with Crippen LogP contribution in [0.4, 0.5) is 32.0 Å². The third-order valence-electron chi connectivity index (χ3n) is 3.54. The summed E-state index contributed by atoms with van der Waals surface area (Å²) in [6, 6.07) is 2.32. The molecule has 12 heteroatoms. The van der Waals surface area contributed by atoms with Crippen molar-refractivity contribution >= 4 is 44.6 Å². The second-order valence-electron chi connectivity index (χ2n) is 5.56. The summed E-state index contributed by atoms with van der Waals surface area (Å²) in [5.74, 6) is -5.07. The number of halogens is 8. The first-order valence-electron chi connectivity index (χ1n) is 7.62. The molecule has 3 rings (SSSR count). The average Bonchev–Trinajstić information content (AvgIpc) is 3.03. The second kappa shape index (κ2) is 8.41. The minimum absolute atomic E-state index is 0.0000765. The molecule has 0 saturated heterocycles. The molecule has 29 heavy (non-hydrogen) atoms. The molecule has 1 aromatic heterocycles. The van der Waals surface area contributed by atoms with E-state index in [-0.39, 0.29) is 34.6 Å². The molecule has 0 aliphatic heterocycles. The number of aromatic nitrogens is 1. The Morgan fingerprint density at radius 3 is 2.28 bits per heavy atom. The van der Waals surface area contributed by atoms with Gasteiger partial charge in [-0.2, -0.15) is 13.2 Å². The summed E-state index contributed by atoms with van der Waals surface area (Å²) in [4.78, 5) is 4.53. The highest BCUT2D eigenvalue weighted by Gasteiger charge is 2.33. The average molecular weight is 518 g/mol. The van der Waals surface area contributed by atoms with Gasteiger partial charge in [0.15, 0.2) is 21.9 Å². The molecule has 2 aromatic carbocycles. The molecule has 0 fully saturated rings. The molecule has 154 valence electrons. The molecule has 1 N–H and O–H groups in total. The first-order valence-corrected chi connectivity index (χ1v) is 9.60.